The van der Waals surface area contributed by atoms with Crippen molar-refractivity contribution in [3.63, 3.8) is 0 Å². The van der Waals surface area contributed by atoms with Crippen LogP contribution in [0.15, 0.2) is 36.5 Å². The van der Waals surface area contributed by atoms with Crippen LogP contribution in [0.5, 0.6) is 0 Å². The molecule has 1 heterocycles. The summed E-state index contributed by atoms with van der Waals surface area (Å²) in [6, 6.07) is 7.26. The summed E-state index contributed by atoms with van der Waals surface area (Å²) in [5, 5.41) is 3.99. The second-order valence-electron chi connectivity index (χ2n) is 3.65. The first kappa shape index (κ1) is 12.8. The molecule has 0 aliphatic carbocycles. The van der Waals surface area contributed by atoms with Crippen molar-refractivity contribution in [1.29, 1.82) is 0 Å². The number of hydrogen-bond acceptors (Lipinski definition) is 3. The van der Waals surface area contributed by atoms with Crippen LogP contribution in [0.2, 0.25) is 5.02 Å². The fourth-order valence-electron chi connectivity index (χ4n) is 1.31. The van der Waals surface area contributed by atoms with E-state index >= 15 is 0 Å². The van der Waals surface area contributed by atoms with Crippen LogP contribution in [0.4, 0.5) is 5.13 Å². The first-order valence-corrected chi connectivity index (χ1v) is 6.50. The van der Waals surface area contributed by atoms with Crippen LogP contribution in [0.3, 0.4) is 0 Å². The third-order valence-electron chi connectivity index (χ3n) is 2.15. The molecule has 1 aromatic heterocycles. The molecule has 0 spiro atoms. The Balaban J connectivity index is 1.96. The highest BCUT2D eigenvalue weighted by Gasteiger charge is 2.01. The number of amides is 1. The zero-order chi connectivity index (χ0) is 13.0. The summed E-state index contributed by atoms with van der Waals surface area (Å²) in [7, 11) is 0. The lowest BCUT2D eigenvalue weighted by Crippen LogP contribution is -2.06. The maximum absolute atomic E-state index is 11.6. The van der Waals surface area contributed by atoms with Crippen molar-refractivity contribution < 1.29 is 4.79 Å². The number of nitrogens with zero attached hydrogens (tertiary/aromatic N) is 1. The van der Waals surface area contributed by atoms with E-state index in [0.717, 1.165) is 10.4 Å². The number of anilines is 1. The van der Waals surface area contributed by atoms with Gasteiger partial charge >= 0.3 is 0 Å². The standard InChI is InChI=1S/C13H11ClN2OS/c1-9-8-15-13(18-9)16-12(17)7-4-10-2-5-11(14)6-3-10/h2-8H,1H3,(H,15,16,17). The second kappa shape index (κ2) is 5.80. The van der Waals surface area contributed by atoms with Crippen molar-refractivity contribution >= 4 is 40.1 Å². The van der Waals surface area contributed by atoms with Gasteiger partial charge in [0.15, 0.2) is 5.13 Å². The summed E-state index contributed by atoms with van der Waals surface area (Å²) >= 11 is 7.22. The normalized spacial score (nSPS) is 10.8. The van der Waals surface area contributed by atoms with E-state index in [-0.39, 0.29) is 5.91 Å². The van der Waals surface area contributed by atoms with Gasteiger partial charge in [-0.3, -0.25) is 10.1 Å². The Morgan fingerprint density at radius 2 is 2.11 bits per heavy atom. The highest BCUT2D eigenvalue weighted by molar-refractivity contribution is 7.15. The molecule has 1 aromatic carbocycles. The van der Waals surface area contributed by atoms with E-state index in [2.05, 4.69) is 10.3 Å². The Morgan fingerprint density at radius 1 is 1.39 bits per heavy atom. The van der Waals surface area contributed by atoms with Crippen molar-refractivity contribution in [3.8, 4) is 0 Å². The molecule has 2 rings (SSSR count). The van der Waals surface area contributed by atoms with Crippen molar-refractivity contribution in [2.75, 3.05) is 5.32 Å². The van der Waals surface area contributed by atoms with E-state index in [4.69, 9.17) is 11.6 Å². The molecule has 0 aliphatic rings. The fourth-order valence-corrected chi connectivity index (χ4v) is 2.10. The van der Waals surface area contributed by atoms with Gasteiger partial charge in [0.05, 0.1) is 0 Å². The van der Waals surface area contributed by atoms with Gasteiger partial charge in [-0.2, -0.15) is 0 Å². The molecule has 0 atom stereocenters. The van der Waals surface area contributed by atoms with Gasteiger partial charge in [0.2, 0.25) is 5.91 Å². The number of halogens is 1. The van der Waals surface area contributed by atoms with Crippen LogP contribution in [0, 0.1) is 6.92 Å². The number of nitrogens with one attached hydrogen (secondary N) is 1. The quantitative estimate of drug-likeness (QED) is 0.869. The first-order chi connectivity index (χ1) is 8.63. The fraction of sp³-hybridized carbons (Fsp3) is 0.0769. The number of aromatic nitrogens is 1. The molecule has 18 heavy (non-hydrogen) atoms. The molecule has 0 aliphatic heterocycles. The molecular formula is C13H11ClN2OS. The summed E-state index contributed by atoms with van der Waals surface area (Å²) in [6.07, 6.45) is 4.93. The van der Waals surface area contributed by atoms with Crippen LogP contribution in [0.25, 0.3) is 6.08 Å². The minimum atomic E-state index is -0.195. The Bertz CT molecular complexity index is 575. The lowest BCUT2D eigenvalue weighted by Gasteiger charge is -1.96. The maximum Gasteiger partial charge on any atom is 0.250 e. The Kier molecular flexibility index (Phi) is 4.12. The molecule has 0 unspecified atom stereocenters. The topological polar surface area (TPSA) is 42.0 Å². The number of carbonyl (C=O) groups is 1. The number of rotatable bonds is 3. The predicted octanol–water partition coefficient (Wildman–Crippen LogP) is 3.76. The van der Waals surface area contributed by atoms with Crippen LogP contribution in [-0.4, -0.2) is 10.9 Å². The van der Waals surface area contributed by atoms with Crippen molar-refractivity contribution in [3.05, 3.63) is 52.0 Å². The number of hydrogen-bond donors (Lipinski definition) is 1. The summed E-state index contributed by atoms with van der Waals surface area (Å²) in [5.74, 6) is -0.195. The van der Waals surface area contributed by atoms with Gasteiger partial charge in [-0.05, 0) is 30.7 Å². The summed E-state index contributed by atoms with van der Waals surface area (Å²) in [6.45, 7) is 1.94. The van der Waals surface area contributed by atoms with Gasteiger partial charge in [-0.15, -0.1) is 11.3 Å². The van der Waals surface area contributed by atoms with E-state index in [1.807, 2.05) is 19.1 Å². The molecule has 3 nitrogen and oxygen atoms in total. The molecule has 0 radical (unpaired) electrons. The lowest BCUT2D eigenvalue weighted by molar-refractivity contribution is -0.111. The molecule has 0 fully saturated rings. The third kappa shape index (κ3) is 3.68. The van der Waals surface area contributed by atoms with Gasteiger partial charge in [0.1, 0.15) is 0 Å². The van der Waals surface area contributed by atoms with E-state index in [1.54, 1.807) is 24.4 Å². The van der Waals surface area contributed by atoms with Crippen LogP contribution >= 0.6 is 22.9 Å². The molecule has 5 heteroatoms. The average Bonchev–Trinajstić information content (AvgIpc) is 2.74. The zero-order valence-corrected chi connectivity index (χ0v) is 11.3. The Morgan fingerprint density at radius 3 is 2.72 bits per heavy atom. The van der Waals surface area contributed by atoms with Crippen LogP contribution in [0.1, 0.15) is 10.4 Å². The summed E-state index contributed by atoms with van der Waals surface area (Å²) in [5.41, 5.74) is 0.921. The molecule has 0 saturated carbocycles. The smallest absolute Gasteiger partial charge is 0.250 e. The SMILES string of the molecule is Cc1cnc(NC(=O)C=Cc2ccc(Cl)cc2)s1. The monoisotopic (exact) mass is 278 g/mol. The van der Waals surface area contributed by atoms with Crippen LogP contribution in [-0.2, 0) is 4.79 Å². The van der Waals surface area contributed by atoms with Gasteiger partial charge in [-0.25, -0.2) is 4.98 Å². The van der Waals surface area contributed by atoms with Crippen molar-refractivity contribution in [1.82, 2.24) is 4.98 Å². The highest BCUT2D eigenvalue weighted by atomic mass is 35.5. The van der Waals surface area contributed by atoms with E-state index < -0.39 is 0 Å². The van der Waals surface area contributed by atoms with E-state index in [0.29, 0.717) is 10.2 Å². The molecule has 92 valence electrons. The predicted molar refractivity (Wildman–Crippen MR) is 76.0 cm³/mol. The summed E-state index contributed by atoms with van der Waals surface area (Å²) in [4.78, 5) is 16.7. The number of benzene rings is 1. The second-order valence-corrected chi connectivity index (χ2v) is 5.32. The van der Waals surface area contributed by atoms with Gasteiger partial charge in [0.25, 0.3) is 0 Å². The number of thiazole rings is 1. The van der Waals surface area contributed by atoms with E-state index in [9.17, 15) is 4.79 Å². The average molecular weight is 279 g/mol. The van der Waals surface area contributed by atoms with Crippen molar-refractivity contribution in [2.24, 2.45) is 0 Å². The molecular weight excluding hydrogens is 268 g/mol. The number of carbonyl (C=O) groups excluding carboxylic acids is 1. The maximum atomic E-state index is 11.6. The first-order valence-electron chi connectivity index (χ1n) is 5.30. The molecule has 1 amide bonds. The molecule has 1 N–H and O–H groups in total. The molecule has 2 aromatic rings. The minimum Gasteiger partial charge on any atom is -0.298 e. The highest BCUT2D eigenvalue weighted by Crippen LogP contribution is 2.16. The Hall–Kier alpha value is -1.65. The Labute approximate surface area is 114 Å². The minimum absolute atomic E-state index is 0.195. The molecule has 0 saturated heterocycles. The summed E-state index contributed by atoms with van der Waals surface area (Å²) < 4.78 is 0. The number of aryl methyl sites for hydroxylation is 1. The van der Waals surface area contributed by atoms with E-state index in [1.165, 1.54) is 17.4 Å². The third-order valence-corrected chi connectivity index (χ3v) is 3.23. The molecule has 0 bridgehead atoms. The van der Waals surface area contributed by atoms with Gasteiger partial charge in [0, 0.05) is 22.2 Å². The lowest BCUT2D eigenvalue weighted by atomic mass is 10.2. The van der Waals surface area contributed by atoms with Crippen LogP contribution < -0.4 is 5.32 Å². The van der Waals surface area contributed by atoms with Crippen molar-refractivity contribution in [2.45, 2.75) is 6.92 Å². The van der Waals surface area contributed by atoms with Gasteiger partial charge in [-0.1, -0.05) is 23.7 Å². The zero-order valence-electron chi connectivity index (χ0n) is 9.68. The van der Waals surface area contributed by atoms with Gasteiger partial charge < -0.3 is 0 Å². The largest absolute Gasteiger partial charge is 0.298 e.